The van der Waals surface area contributed by atoms with Gasteiger partial charge in [-0.1, -0.05) is 17.7 Å². The van der Waals surface area contributed by atoms with E-state index in [1.165, 1.54) is 16.7 Å². The standard InChI is InChI=1S/C16H17ClN2O3S/c1-19-15(22)14(4-2-3-13(21)9-10-20)23-16(19)18-12-7-5-11(17)6-8-12/h3-8,20-21H,2,9-10H2,1H3/b13-3+,14-4-,18-16?. The number of thioether (sulfide) groups is 1. The van der Waals surface area contributed by atoms with Gasteiger partial charge in [0.2, 0.25) is 0 Å². The number of likely N-dealkylation sites (N-methyl/N-ethyl adjacent to an activating group) is 1. The maximum atomic E-state index is 12.2. The summed E-state index contributed by atoms with van der Waals surface area (Å²) in [5, 5.41) is 19.4. The number of hydrogen-bond acceptors (Lipinski definition) is 5. The summed E-state index contributed by atoms with van der Waals surface area (Å²) in [7, 11) is 1.67. The van der Waals surface area contributed by atoms with Crippen LogP contribution < -0.4 is 0 Å². The van der Waals surface area contributed by atoms with Crippen LogP contribution in [-0.2, 0) is 4.79 Å². The third kappa shape index (κ3) is 4.86. The van der Waals surface area contributed by atoms with Crippen molar-refractivity contribution >= 4 is 40.1 Å². The Labute approximate surface area is 144 Å². The molecule has 0 aromatic heterocycles. The Balaban J connectivity index is 2.10. The number of aliphatic hydroxyl groups excluding tert-OH is 2. The van der Waals surface area contributed by atoms with E-state index in [1.54, 1.807) is 43.5 Å². The number of carbonyl (C=O) groups is 1. The zero-order valence-electron chi connectivity index (χ0n) is 12.6. The normalized spacial score (nSPS) is 19.2. The molecule has 7 heteroatoms. The molecule has 1 saturated heterocycles. The van der Waals surface area contributed by atoms with Gasteiger partial charge in [0.05, 0.1) is 23.0 Å². The van der Waals surface area contributed by atoms with Gasteiger partial charge in [-0.2, -0.15) is 0 Å². The summed E-state index contributed by atoms with van der Waals surface area (Å²) < 4.78 is 0. The number of carbonyl (C=O) groups excluding carboxylic acids is 1. The Morgan fingerprint density at radius 3 is 2.74 bits per heavy atom. The molecule has 1 heterocycles. The molecule has 2 rings (SSSR count). The van der Waals surface area contributed by atoms with Crippen molar-refractivity contribution in [1.29, 1.82) is 0 Å². The average Bonchev–Trinajstić information content (AvgIpc) is 2.78. The summed E-state index contributed by atoms with van der Waals surface area (Å²) in [6.07, 6.45) is 3.95. The molecular weight excluding hydrogens is 336 g/mol. The number of allylic oxidation sites excluding steroid dienone is 2. The Morgan fingerprint density at radius 2 is 2.09 bits per heavy atom. The first-order valence-corrected chi connectivity index (χ1v) is 8.20. The van der Waals surface area contributed by atoms with E-state index in [9.17, 15) is 9.90 Å². The summed E-state index contributed by atoms with van der Waals surface area (Å²) in [4.78, 5) is 18.7. The first-order valence-electron chi connectivity index (χ1n) is 7.00. The zero-order valence-corrected chi connectivity index (χ0v) is 14.1. The highest BCUT2D eigenvalue weighted by molar-refractivity contribution is 8.18. The summed E-state index contributed by atoms with van der Waals surface area (Å²) in [6, 6.07) is 7.05. The first-order chi connectivity index (χ1) is 11.0. The van der Waals surface area contributed by atoms with Crippen molar-refractivity contribution in [3.8, 4) is 0 Å². The van der Waals surface area contributed by atoms with Gasteiger partial charge in [-0.15, -0.1) is 0 Å². The highest BCUT2D eigenvalue weighted by Crippen LogP contribution is 2.32. The molecule has 0 spiro atoms. The molecule has 1 aromatic carbocycles. The lowest BCUT2D eigenvalue weighted by atomic mass is 10.3. The Bertz CT molecular complexity index is 668. The van der Waals surface area contributed by atoms with Crippen LogP contribution >= 0.6 is 23.4 Å². The van der Waals surface area contributed by atoms with E-state index in [4.69, 9.17) is 16.7 Å². The third-order valence-corrected chi connectivity index (χ3v) is 4.44. The van der Waals surface area contributed by atoms with Crippen molar-refractivity contribution in [3.05, 3.63) is 52.1 Å². The average molecular weight is 353 g/mol. The van der Waals surface area contributed by atoms with E-state index in [2.05, 4.69) is 4.99 Å². The van der Waals surface area contributed by atoms with Gasteiger partial charge < -0.3 is 10.2 Å². The number of benzene rings is 1. The molecule has 1 amide bonds. The van der Waals surface area contributed by atoms with Crippen LogP contribution in [0.4, 0.5) is 5.69 Å². The van der Waals surface area contributed by atoms with Crippen LogP contribution in [0, 0.1) is 0 Å². The van der Waals surface area contributed by atoms with Gasteiger partial charge in [-0.05, 0) is 48.5 Å². The second kappa shape index (κ2) is 8.19. The fraction of sp³-hybridized carbons (Fsp3) is 0.250. The number of hydrogen-bond donors (Lipinski definition) is 2. The Hall–Kier alpha value is -1.76. The van der Waals surface area contributed by atoms with E-state index in [1.807, 2.05) is 0 Å². The molecule has 0 radical (unpaired) electrons. The van der Waals surface area contributed by atoms with Crippen LogP contribution in [0.5, 0.6) is 0 Å². The topological polar surface area (TPSA) is 73.1 Å². The molecular formula is C16H17ClN2O3S. The highest BCUT2D eigenvalue weighted by Gasteiger charge is 2.29. The lowest BCUT2D eigenvalue weighted by Gasteiger charge is -2.06. The van der Waals surface area contributed by atoms with Crippen molar-refractivity contribution in [2.24, 2.45) is 4.99 Å². The molecule has 1 aliphatic heterocycles. The number of amides is 1. The summed E-state index contributed by atoms with van der Waals surface area (Å²) >= 11 is 7.12. The smallest absolute Gasteiger partial charge is 0.266 e. The zero-order chi connectivity index (χ0) is 16.8. The first kappa shape index (κ1) is 17.6. The summed E-state index contributed by atoms with van der Waals surface area (Å²) in [6.45, 7) is -0.104. The van der Waals surface area contributed by atoms with Gasteiger partial charge in [0.1, 0.15) is 0 Å². The van der Waals surface area contributed by atoms with E-state index >= 15 is 0 Å². The van der Waals surface area contributed by atoms with Gasteiger partial charge in [0.25, 0.3) is 5.91 Å². The SMILES string of the molecule is CN1C(=O)/C(=C/C/C=C(/O)CCO)SC1=Nc1ccc(Cl)cc1. The van der Waals surface area contributed by atoms with Crippen molar-refractivity contribution in [1.82, 2.24) is 4.90 Å². The molecule has 23 heavy (non-hydrogen) atoms. The van der Waals surface area contributed by atoms with E-state index in [0.717, 1.165) is 5.69 Å². The van der Waals surface area contributed by atoms with Crippen molar-refractivity contribution < 1.29 is 15.0 Å². The minimum absolute atomic E-state index is 0.104. The summed E-state index contributed by atoms with van der Waals surface area (Å²) in [5.41, 5.74) is 0.721. The highest BCUT2D eigenvalue weighted by atomic mass is 35.5. The van der Waals surface area contributed by atoms with Crippen LogP contribution in [-0.4, -0.2) is 39.8 Å². The quantitative estimate of drug-likeness (QED) is 0.627. The lowest BCUT2D eigenvalue weighted by Crippen LogP contribution is -2.23. The molecule has 1 aliphatic rings. The largest absolute Gasteiger partial charge is 0.513 e. The second-order valence-corrected chi connectivity index (χ2v) is 6.26. The fourth-order valence-electron chi connectivity index (χ4n) is 1.83. The second-order valence-electron chi connectivity index (χ2n) is 4.81. The number of rotatable bonds is 5. The molecule has 0 atom stereocenters. The molecule has 0 bridgehead atoms. The maximum absolute atomic E-state index is 12.2. The van der Waals surface area contributed by atoms with Crippen molar-refractivity contribution in [2.75, 3.05) is 13.7 Å². The molecule has 122 valence electrons. The number of amidine groups is 1. The van der Waals surface area contributed by atoms with Gasteiger partial charge >= 0.3 is 0 Å². The lowest BCUT2D eigenvalue weighted by molar-refractivity contribution is -0.121. The Morgan fingerprint density at radius 1 is 1.39 bits per heavy atom. The molecule has 1 fully saturated rings. The fourth-order valence-corrected chi connectivity index (χ4v) is 2.93. The molecule has 0 unspecified atom stereocenters. The monoisotopic (exact) mass is 352 g/mol. The summed E-state index contributed by atoms with van der Waals surface area (Å²) in [5.74, 6) is -0.0130. The molecule has 5 nitrogen and oxygen atoms in total. The number of nitrogens with zero attached hydrogens (tertiary/aromatic N) is 2. The van der Waals surface area contributed by atoms with Crippen LogP contribution in [0.25, 0.3) is 0 Å². The molecule has 2 N–H and O–H groups in total. The van der Waals surface area contributed by atoms with Crippen LogP contribution in [0.2, 0.25) is 5.02 Å². The van der Waals surface area contributed by atoms with Crippen molar-refractivity contribution in [2.45, 2.75) is 12.8 Å². The predicted molar refractivity (Wildman–Crippen MR) is 94.0 cm³/mol. The number of aliphatic hydroxyl groups is 2. The van der Waals surface area contributed by atoms with Crippen LogP contribution in [0.3, 0.4) is 0 Å². The molecule has 1 aromatic rings. The van der Waals surface area contributed by atoms with Crippen molar-refractivity contribution in [3.63, 3.8) is 0 Å². The van der Waals surface area contributed by atoms with Gasteiger partial charge in [-0.25, -0.2) is 4.99 Å². The van der Waals surface area contributed by atoms with E-state index < -0.39 is 0 Å². The number of aliphatic imine (C=N–C) groups is 1. The third-order valence-electron chi connectivity index (χ3n) is 3.08. The maximum Gasteiger partial charge on any atom is 0.266 e. The van der Waals surface area contributed by atoms with Crippen LogP contribution in [0.15, 0.2) is 52.1 Å². The minimum atomic E-state index is -0.127. The van der Waals surface area contributed by atoms with Gasteiger partial charge in [0, 0.05) is 18.5 Å². The molecule has 0 saturated carbocycles. The predicted octanol–water partition coefficient (Wildman–Crippen LogP) is 3.63. The molecule has 0 aliphatic carbocycles. The Kier molecular flexibility index (Phi) is 6.27. The van der Waals surface area contributed by atoms with Gasteiger partial charge in [0.15, 0.2) is 5.17 Å². The number of halogens is 1. The van der Waals surface area contributed by atoms with E-state index in [0.29, 0.717) is 21.5 Å². The minimum Gasteiger partial charge on any atom is -0.513 e. The van der Waals surface area contributed by atoms with Crippen LogP contribution in [0.1, 0.15) is 12.8 Å². The van der Waals surface area contributed by atoms with E-state index in [-0.39, 0.29) is 24.7 Å². The van der Waals surface area contributed by atoms with Gasteiger partial charge in [-0.3, -0.25) is 9.69 Å².